The maximum Gasteiger partial charge on any atom is 0.412 e. The van der Waals surface area contributed by atoms with Crippen molar-refractivity contribution in [1.29, 1.82) is 0 Å². The molecule has 3 heteroatoms. The normalized spacial score (nSPS) is 15.7. The molecular formula is C10H15F3. The Hall–Kier alpha value is -0.730. The topological polar surface area (TPSA) is 0 Å². The molecular weight excluding hydrogens is 177 g/mol. The van der Waals surface area contributed by atoms with Gasteiger partial charge in [-0.1, -0.05) is 25.2 Å². The summed E-state index contributed by atoms with van der Waals surface area (Å²) in [6.45, 7) is 8.27. The van der Waals surface area contributed by atoms with Crippen molar-refractivity contribution in [2.24, 2.45) is 5.92 Å². The smallest absolute Gasteiger partial charge is 0.166 e. The predicted molar refractivity (Wildman–Crippen MR) is 48.4 cm³/mol. The third-order valence-electron chi connectivity index (χ3n) is 2.20. The van der Waals surface area contributed by atoms with Crippen LogP contribution >= 0.6 is 0 Å². The van der Waals surface area contributed by atoms with Crippen LogP contribution in [0.25, 0.3) is 0 Å². The Kier molecular flexibility index (Phi) is 4.24. The lowest BCUT2D eigenvalue weighted by molar-refractivity contribution is -0.0973. The molecule has 0 fully saturated rings. The molecule has 0 saturated carbocycles. The Morgan fingerprint density at radius 3 is 2.15 bits per heavy atom. The van der Waals surface area contributed by atoms with Crippen molar-refractivity contribution in [1.82, 2.24) is 0 Å². The van der Waals surface area contributed by atoms with E-state index in [2.05, 4.69) is 6.58 Å². The van der Waals surface area contributed by atoms with Gasteiger partial charge in [0, 0.05) is 11.5 Å². The van der Waals surface area contributed by atoms with Crippen LogP contribution in [-0.2, 0) is 0 Å². The Morgan fingerprint density at radius 1 is 1.46 bits per heavy atom. The molecule has 1 unspecified atom stereocenters. The van der Waals surface area contributed by atoms with E-state index in [-0.39, 0.29) is 0 Å². The lowest BCUT2D eigenvalue weighted by Gasteiger charge is -2.20. The van der Waals surface area contributed by atoms with Crippen molar-refractivity contribution in [2.75, 3.05) is 0 Å². The van der Waals surface area contributed by atoms with Crippen LogP contribution in [0.4, 0.5) is 13.2 Å². The highest BCUT2D eigenvalue weighted by Crippen LogP contribution is 2.35. The van der Waals surface area contributed by atoms with Crippen LogP contribution in [0.3, 0.4) is 0 Å². The number of halogens is 3. The van der Waals surface area contributed by atoms with Gasteiger partial charge in [-0.15, -0.1) is 0 Å². The van der Waals surface area contributed by atoms with Crippen LogP contribution in [0.2, 0.25) is 0 Å². The van der Waals surface area contributed by atoms with Gasteiger partial charge in [0.25, 0.3) is 0 Å². The molecule has 0 rings (SSSR count). The fraction of sp³-hybridized carbons (Fsp3) is 0.600. The Bertz CT molecular complexity index is 211. The zero-order chi connectivity index (χ0) is 10.6. The van der Waals surface area contributed by atoms with E-state index in [1.807, 2.05) is 0 Å². The van der Waals surface area contributed by atoms with E-state index in [9.17, 15) is 13.2 Å². The van der Waals surface area contributed by atoms with Gasteiger partial charge >= 0.3 is 6.18 Å². The Balaban J connectivity index is 4.71. The molecule has 0 aromatic carbocycles. The number of rotatable bonds is 3. The molecule has 0 heterocycles. The molecule has 0 bridgehead atoms. The minimum atomic E-state index is -4.27. The average molecular weight is 192 g/mol. The van der Waals surface area contributed by atoms with Crippen molar-refractivity contribution < 1.29 is 13.2 Å². The van der Waals surface area contributed by atoms with Crippen LogP contribution in [0.5, 0.6) is 0 Å². The molecule has 1 atom stereocenters. The molecule has 0 aliphatic carbocycles. The SMILES string of the molecule is C=C(C(CC)/C(C)=C/C)C(F)(F)F. The van der Waals surface area contributed by atoms with Crippen molar-refractivity contribution in [3.05, 3.63) is 23.8 Å². The van der Waals surface area contributed by atoms with Gasteiger partial charge in [0.1, 0.15) is 0 Å². The number of alkyl halides is 3. The Morgan fingerprint density at radius 2 is 1.92 bits per heavy atom. The van der Waals surface area contributed by atoms with Gasteiger partial charge in [-0.25, -0.2) is 0 Å². The van der Waals surface area contributed by atoms with E-state index in [1.54, 1.807) is 26.8 Å². The predicted octanol–water partition coefficient (Wildman–Crippen LogP) is 4.10. The number of hydrogen-bond donors (Lipinski definition) is 0. The van der Waals surface area contributed by atoms with Gasteiger partial charge in [-0.2, -0.15) is 13.2 Å². The third kappa shape index (κ3) is 3.25. The van der Waals surface area contributed by atoms with Crippen molar-refractivity contribution in [2.45, 2.75) is 33.4 Å². The van der Waals surface area contributed by atoms with E-state index < -0.39 is 17.7 Å². The summed E-state index contributed by atoms with van der Waals surface area (Å²) in [4.78, 5) is 0. The first-order chi connectivity index (χ1) is 5.84. The van der Waals surface area contributed by atoms with Crippen LogP contribution < -0.4 is 0 Å². The third-order valence-corrected chi connectivity index (χ3v) is 2.20. The molecule has 0 saturated heterocycles. The second-order valence-corrected chi connectivity index (χ2v) is 3.02. The van der Waals surface area contributed by atoms with Gasteiger partial charge in [0.2, 0.25) is 0 Å². The molecule has 0 N–H and O–H groups in total. The summed E-state index contributed by atoms with van der Waals surface area (Å²) >= 11 is 0. The van der Waals surface area contributed by atoms with Gasteiger partial charge in [0.05, 0.1) is 0 Å². The Labute approximate surface area is 77.1 Å². The highest BCUT2D eigenvalue weighted by atomic mass is 19.4. The van der Waals surface area contributed by atoms with E-state index in [0.717, 1.165) is 5.57 Å². The van der Waals surface area contributed by atoms with Gasteiger partial charge in [-0.3, -0.25) is 0 Å². The first kappa shape index (κ1) is 12.3. The summed E-state index contributed by atoms with van der Waals surface area (Å²) in [5, 5.41) is 0. The highest BCUT2D eigenvalue weighted by Gasteiger charge is 2.36. The molecule has 76 valence electrons. The number of hydrogen-bond acceptors (Lipinski definition) is 0. The summed E-state index contributed by atoms with van der Waals surface area (Å²) in [5.74, 6) is -0.565. The lowest BCUT2D eigenvalue weighted by atomic mass is 9.90. The van der Waals surface area contributed by atoms with Gasteiger partial charge in [0.15, 0.2) is 0 Å². The van der Waals surface area contributed by atoms with Gasteiger partial charge < -0.3 is 0 Å². The second kappa shape index (κ2) is 4.49. The van der Waals surface area contributed by atoms with Crippen LogP contribution in [-0.4, -0.2) is 6.18 Å². The van der Waals surface area contributed by atoms with E-state index in [1.165, 1.54) is 0 Å². The lowest BCUT2D eigenvalue weighted by Crippen LogP contribution is -2.19. The average Bonchev–Trinajstić information content (AvgIpc) is 2.03. The molecule has 0 nitrogen and oxygen atoms in total. The van der Waals surface area contributed by atoms with E-state index in [4.69, 9.17) is 0 Å². The molecule has 0 aliphatic heterocycles. The standard InChI is InChI=1S/C10H15F3/c1-5-7(3)9(6-2)8(4)10(11,12)13/h5,9H,4,6H2,1-3H3/b7-5+. The monoisotopic (exact) mass is 192 g/mol. The molecule has 0 aromatic heterocycles. The van der Waals surface area contributed by atoms with E-state index >= 15 is 0 Å². The quantitative estimate of drug-likeness (QED) is 0.590. The first-order valence-electron chi connectivity index (χ1n) is 4.23. The van der Waals surface area contributed by atoms with Crippen LogP contribution in [0.1, 0.15) is 27.2 Å². The first-order valence-corrected chi connectivity index (χ1v) is 4.23. The minimum absolute atomic E-state index is 0.439. The summed E-state index contributed by atoms with van der Waals surface area (Å²) in [7, 11) is 0. The van der Waals surface area contributed by atoms with Crippen LogP contribution in [0, 0.1) is 5.92 Å². The zero-order valence-electron chi connectivity index (χ0n) is 8.20. The van der Waals surface area contributed by atoms with E-state index in [0.29, 0.717) is 6.42 Å². The molecule has 0 aromatic rings. The summed E-state index contributed by atoms with van der Waals surface area (Å²) < 4.78 is 36.8. The summed E-state index contributed by atoms with van der Waals surface area (Å²) in [5.41, 5.74) is 0.0791. The maximum absolute atomic E-state index is 12.3. The molecule has 0 amide bonds. The molecule has 0 spiro atoms. The van der Waals surface area contributed by atoms with Crippen molar-refractivity contribution >= 4 is 0 Å². The van der Waals surface area contributed by atoms with Crippen molar-refractivity contribution in [3.8, 4) is 0 Å². The molecule has 13 heavy (non-hydrogen) atoms. The fourth-order valence-electron chi connectivity index (χ4n) is 1.24. The molecule has 0 aliphatic rings. The van der Waals surface area contributed by atoms with Crippen LogP contribution in [0.15, 0.2) is 23.8 Å². The maximum atomic E-state index is 12.3. The fourth-order valence-corrected chi connectivity index (χ4v) is 1.24. The zero-order valence-corrected chi connectivity index (χ0v) is 8.20. The summed E-state index contributed by atoms with van der Waals surface area (Å²) in [6, 6.07) is 0. The highest BCUT2D eigenvalue weighted by molar-refractivity contribution is 5.20. The summed E-state index contributed by atoms with van der Waals surface area (Å²) in [6.07, 6.45) is -2.13. The second-order valence-electron chi connectivity index (χ2n) is 3.02. The largest absolute Gasteiger partial charge is 0.412 e. The molecule has 0 radical (unpaired) electrons. The van der Waals surface area contributed by atoms with Crippen molar-refractivity contribution in [3.63, 3.8) is 0 Å². The van der Waals surface area contributed by atoms with Gasteiger partial charge in [-0.05, 0) is 20.3 Å². The minimum Gasteiger partial charge on any atom is -0.166 e. The number of allylic oxidation sites excluding steroid dienone is 3.